The van der Waals surface area contributed by atoms with E-state index in [4.69, 9.17) is 5.11 Å². The molecular formula is C15H20N2O3. The van der Waals surface area contributed by atoms with Crippen molar-refractivity contribution in [1.29, 1.82) is 0 Å². The van der Waals surface area contributed by atoms with Gasteiger partial charge in [-0.25, -0.2) is 4.79 Å². The van der Waals surface area contributed by atoms with Crippen LogP contribution in [0.5, 0.6) is 0 Å². The van der Waals surface area contributed by atoms with E-state index in [-0.39, 0.29) is 12.5 Å². The first-order valence-corrected chi connectivity index (χ1v) is 6.95. The Morgan fingerprint density at radius 2 is 2.15 bits per heavy atom. The van der Waals surface area contributed by atoms with Gasteiger partial charge >= 0.3 is 12.0 Å². The zero-order valence-electron chi connectivity index (χ0n) is 11.6. The Bertz CT molecular complexity index is 498. The first-order valence-electron chi connectivity index (χ1n) is 6.95. The number of carbonyl (C=O) groups excluding carboxylic acids is 1. The van der Waals surface area contributed by atoms with Crippen molar-refractivity contribution in [1.82, 2.24) is 4.90 Å². The Balaban J connectivity index is 1.96. The fourth-order valence-corrected chi connectivity index (χ4v) is 2.10. The molecule has 2 amide bonds. The lowest BCUT2D eigenvalue weighted by molar-refractivity contribution is -0.136. The Kier molecular flexibility index (Phi) is 4.61. The van der Waals surface area contributed by atoms with Gasteiger partial charge in [-0.2, -0.15) is 0 Å². The van der Waals surface area contributed by atoms with Gasteiger partial charge in [0.25, 0.3) is 0 Å². The summed E-state index contributed by atoms with van der Waals surface area (Å²) in [4.78, 5) is 24.6. The van der Waals surface area contributed by atoms with E-state index in [1.807, 2.05) is 6.92 Å². The zero-order chi connectivity index (χ0) is 14.5. The van der Waals surface area contributed by atoms with Gasteiger partial charge in [-0.15, -0.1) is 0 Å². The van der Waals surface area contributed by atoms with Crippen LogP contribution in [0.15, 0.2) is 24.3 Å². The first-order chi connectivity index (χ1) is 9.58. The van der Waals surface area contributed by atoms with E-state index in [9.17, 15) is 9.59 Å². The lowest BCUT2D eigenvalue weighted by atomic mass is 10.1. The summed E-state index contributed by atoms with van der Waals surface area (Å²) >= 11 is 0. The van der Waals surface area contributed by atoms with Crippen molar-refractivity contribution in [3.63, 3.8) is 0 Å². The Hall–Kier alpha value is -2.04. The van der Waals surface area contributed by atoms with Crippen LogP contribution in [0.4, 0.5) is 10.5 Å². The normalized spacial score (nSPS) is 13.8. The number of carbonyl (C=O) groups is 2. The number of aliphatic carboxylic acids is 1. The minimum atomic E-state index is -0.877. The molecule has 0 spiro atoms. The minimum absolute atomic E-state index is 0.0384. The lowest BCUT2D eigenvalue weighted by Crippen LogP contribution is -2.36. The topological polar surface area (TPSA) is 69.6 Å². The number of rotatable bonds is 6. The van der Waals surface area contributed by atoms with Crippen LogP contribution in [0.2, 0.25) is 0 Å². The number of nitrogens with one attached hydrogen (secondary N) is 1. The van der Waals surface area contributed by atoms with Crippen molar-refractivity contribution >= 4 is 17.7 Å². The standard InChI is InChI=1S/C15H20N2O3/c1-2-17(10-11-6-7-11)15(20)16-13-5-3-4-12(8-13)9-14(18)19/h3-5,8,11H,2,6-7,9-10H2,1H3,(H,16,20)(H,18,19). The van der Waals surface area contributed by atoms with Gasteiger partial charge in [-0.05, 0) is 43.4 Å². The number of benzene rings is 1. The number of hydrogen-bond acceptors (Lipinski definition) is 2. The molecule has 20 heavy (non-hydrogen) atoms. The molecule has 1 aliphatic rings. The average molecular weight is 276 g/mol. The smallest absolute Gasteiger partial charge is 0.321 e. The average Bonchev–Trinajstić information content (AvgIpc) is 3.19. The molecule has 0 unspecified atom stereocenters. The van der Waals surface area contributed by atoms with E-state index in [0.717, 1.165) is 6.54 Å². The van der Waals surface area contributed by atoms with Crippen molar-refractivity contribution in [2.45, 2.75) is 26.2 Å². The summed E-state index contributed by atoms with van der Waals surface area (Å²) in [6.45, 7) is 3.44. The highest BCUT2D eigenvalue weighted by Crippen LogP contribution is 2.29. The Labute approximate surface area is 118 Å². The van der Waals surface area contributed by atoms with E-state index >= 15 is 0 Å². The van der Waals surface area contributed by atoms with E-state index in [1.165, 1.54) is 12.8 Å². The van der Waals surface area contributed by atoms with Gasteiger partial charge in [0.2, 0.25) is 0 Å². The number of carboxylic acids is 1. The molecule has 108 valence electrons. The molecule has 1 aromatic carbocycles. The third-order valence-electron chi connectivity index (χ3n) is 3.38. The molecule has 5 nitrogen and oxygen atoms in total. The number of hydrogen-bond donors (Lipinski definition) is 2. The monoisotopic (exact) mass is 276 g/mol. The van der Waals surface area contributed by atoms with Crippen LogP contribution in [0.3, 0.4) is 0 Å². The summed E-state index contributed by atoms with van der Waals surface area (Å²) in [6.07, 6.45) is 2.37. The largest absolute Gasteiger partial charge is 0.481 e. The van der Waals surface area contributed by atoms with E-state index in [1.54, 1.807) is 29.2 Å². The quantitative estimate of drug-likeness (QED) is 0.839. The Morgan fingerprint density at radius 1 is 1.40 bits per heavy atom. The van der Waals surface area contributed by atoms with Crippen LogP contribution < -0.4 is 5.32 Å². The van der Waals surface area contributed by atoms with Crippen LogP contribution in [-0.4, -0.2) is 35.1 Å². The molecular weight excluding hydrogens is 256 g/mol. The SMILES string of the molecule is CCN(CC1CC1)C(=O)Nc1cccc(CC(=O)O)c1. The number of urea groups is 1. The predicted molar refractivity (Wildman–Crippen MR) is 76.8 cm³/mol. The van der Waals surface area contributed by atoms with Gasteiger partial charge in [0.05, 0.1) is 6.42 Å². The minimum Gasteiger partial charge on any atom is -0.481 e. The molecule has 1 aliphatic carbocycles. The van der Waals surface area contributed by atoms with E-state index in [0.29, 0.717) is 23.7 Å². The molecule has 1 fully saturated rings. The molecule has 5 heteroatoms. The van der Waals surface area contributed by atoms with Crippen molar-refractivity contribution in [2.24, 2.45) is 5.92 Å². The van der Waals surface area contributed by atoms with E-state index < -0.39 is 5.97 Å². The van der Waals surface area contributed by atoms with Crippen LogP contribution in [-0.2, 0) is 11.2 Å². The molecule has 2 rings (SSSR count). The highest BCUT2D eigenvalue weighted by atomic mass is 16.4. The van der Waals surface area contributed by atoms with Gasteiger partial charge in [0.1, 0.15) is 0 Å². The van der Waals surface area contributed by atoms with Crippen LogP contribution >= 0.6 is 0 Å². The summed E-state index contributed by atoms with van der Waals surface area (Å²) in [6, 6.07) is 6.86. The molecule has 0 saturated heterocycles. The number of carboxylic acid groups (broad SMARTS) is 1. The molecule has 0 aliphatic heterocycles. The second-order valence-corrected chi connectivity index (χ2v) is 5.18. The van der Waals surface area contributed by atoms with Gasteiger partial charge in [-0.3, -0.25) is 4.79 Å². The fraction of sp³-hybridized carbons (Fsp3) is 0.467. The number of amides is 2. The molecule has 1 aromatic rings. The third kappa shape index (κ3) is 4.26. The summed E-state index contributed by atoms with van der Waals surface area (Å²) < 4.78 is 0. The van der Waals surface area contributed by atoms with Crippen molar-refractivity contribution in [2.75, 3.05) is 18.4 Å². The highest BCUT2D eigenvalue weighted by Gasteiger charge is 2.25. The maximum absolute atomic E-state index is 12.1. The van der Waals surface area contributed by atoms with Gasteiger partial charge in [-0.1, -0.05) is 12.1 Å². The van der Waals surface area contributed by atoms with Crippen molar-refractivity contribution < 1.29 is 14.7 Å². The molecule has 0 atom stereocenters. The Morgan fingerprint density at radius 3 is 2.75 bits per heavy atom. The highest BCUT2D eigenvalue weighted by molar-refractivity contribution is 5.89. The third-order valence-corrected chi connectivity index (χ3v) is 3.38. The molecule has 0 aromatic heterocycles. The molecule has 0 heterocycles. The maximum atomic E-state index is 12.1. The lowest BCUT2D eigenvalue weighted by Gasteiger charge is -2.21. The van der Waals surface area contributed by atoms with E-state index in [2.05, 4.69) is 5.32 Å². The van der Waals surface area contributed by atoms with Crippen LogP contribution in [0.1, 0.15) is 25.3 Å². The molecule has 0 radical (unpaired) electrons. The molecule has 2 N–H and O–H groups in total. The van der Waals surface area contributed by atoms with Crippen molar-refractivity contribution in [3.05, 3.63) is 29.8 Å². The fourth-order valence-electron chi connectivity index (χ4n) is 2.10. The number of nitrogens with zero attached hydrogens (tertiary/aromatic N) is 1. The second kappa shape index (κ2) is 6.41. The predicted octanol–water partition coefficient (Wildman–Crippen LogP) is 2.58. The summed E-state index contributed by atoms with van der Waals surface area (Å²) in [5, 5.41) is 11.6. The van der Waals surface area contributed by atoms with Gasteiger partial charge in [0, 0.05) is 18.8 Å². The van der Waals surface area contributed by atoms with Gasteiger partial charge < -0.3 is 15.3 Å². The number of anilines is 1. The van der Waals surface area contributed by atoms with Crippen LogP contribution in [0, 0.1) is 5.92 Å². The zero-order valence-corrected chi connectivity index (χ0v) is 11.6. The molecule has 0 bridgehead atoms. The first kappa shape index (κ1) is 14.4. The second-order valence-electron chi connectivity index (χ2n) is 5.18. The van der Waals surface area contributed by atoms with Crippen molar-refractivity contribution in [3.8, 4) is 0 Å². The van der Waals surface area contributed by atoms with Gasteiger partial charge in [0.15, 0.2) is 0 Å². The maximum Gasteiger partial charge on any atom is 0.321 e. The summed E-state index contributed by atoms with van der Waals surface area (Å²) in [5.74, 6) is -0.226. The summed E-state index contributed by atoms with van der Waals surface area (Å²) in [7, 11) is 0. The van der Waals surface area contributed by atoms with Crippen LogP contribution in [0.25, 0.3) is 0 Å². The summed E-state index contributed by atoms with van der Waals surface area (Å²) in [5.41, 5.74) is 1.32. The molecule has 1 saturated carbocycles.